The molecule has 0 unspecified atom stereocenters. The number of fused-ring (bicyclic) bond motifs is 4. The van der Waals surface area contributed by atoms with Crippen LogP contribution in [0, 0.1) is 0 Å². The second-order valence-electron chi connectivity index (χ2n) is 8.72. The first-order valence-electron chi connectivity index (χ1n) is 11.7. The minimum atomic E-state index is -0.674. The molecule has 3 aromatic carbocycles. The molecule has 3 aromatic rings. The number of anilines is 1. The fraction of sp³-hybridized carbons (Fsp3) is 0.286. The first-order valence-corrected chi connectivity index (χ1v) is 11.7. The van der Waals surface area contributed by atoms with Gasteiger partial charge >= 0.3 is 0 Å². The fourth-order valence-electron chi connectivity index (χ4n) is 5.27. The van der Waals surface area contributed by atoms with Gasteiger partial charge in [0.05, 0.1) is 40.4 Å². The third-order valence-corrected chi connectivity index (χ3v) is 6.96. The third-order valence-electron chi connectivity index (χ3n) is 6.96. The van der Waals surface area contributed by atoms with E-state index in [1.165, 1.54) is 14.2 Å². The van der Waals surface area contributed by atoms with Crippen molar-refractivity contribution in [1.29, 1.82) is 0 Å². The monoisotopic (exact) mass is 488 g/mol. The van der Waals surface area contributed by atoms with Crippen LogP contribution in [0.5, 0.6) is 23.0 Å². The Kier molecular flexibility index (Phi) is 6.18. The van der Waals surface area contributed by atoms with E-state index in [4.69, 9.17) is 18.9 Å². The number of nitrogens with zero attached hydrogens (tertiary/aromatic N) is 1. The Morgan fingerprint density at radius 1 is 0.833 bits per heavy atom. The summed E-state index contributed by atoms with van der Waals surface area (Å²) in [5, 5.41) is 3.04. The molecule has 0 aliphatic carbocycles. The zero-order valence-corrected chi connectivity index (χ0v) is 20.7. The molecule has 0 aromatic heterocycles. The van der Waals surface area contributed by atoms with Crippen molar-refractivity contribution in [2.75, 3.05) is 40.3 Å². The van der Waals surface area contributed by atoms with E-state index < -0.39 is 12.0 Å². The van der Waals surface area contributed by atoms with Crippen LogP contribution in [-0.2, 0) is 11.2 Å². The zero-order valence-electron chi connectivity index (χ0n) is 20.7. The Bertz CT molecular complexity index is 1340. The average molecular weight is 489 g/mol. The van der Waals surface area contributed by atoms with Crippen LogP contribution in [0.15, 0.2) is 54.6 Å². The summed E-state index contributed by atoms with van der Waals surface area (Å²) >= 11 is 0. The predicted molar refractivity (Wildman–Crippen MR) is 134 cm³/mol. The molecule has 2 heterocycles. The number of rotatable bonds is 6. The van der Waals surface area contributed by atoms with Crippen LogP contribution in [0.25, 0.3) is 0 Å². The highest BCUT2D eigenvalue weighted by molar-refractivity contribution is 6.05. The second-order valence-corrected chi connectivity index (χ2v) is 8.72. The number of ether oxygens (including phenoxy) is 4. The molecule has 186 valence electrons. The van der Waals surface area contributed by atoms with Crippen LogP contribution >= 0.6 is 0 Å². The molecule has 2 aliphatic rings. The lowest BCUT2D eigenvalue weighted by atomic mass is 9.75. The maximum Gasteiger partial charge on any atom is 0.254 e. The number of hydrogen-bond donors (Lipinski definition) is 1. The highest BCUT2D eigenvalue weighted by Crippen LogP contribution is 2.48. The van der Waals surface area contributed by atoms with Gasteiger partial charge in [-0.25, -0.2) is 0 Å². The Labute approximate surface area is 209 Å². The van der Waals surface area contributed by atoms with Crippen LogP contribution in [-0.4, -0.2) is 51.7 Å². The predicted octanol–water partition coefficient (Wildman–Crippen LogP) is 4.20. The first-order chi connectivity index (χ1) is 17.5. The summed E-state index contributed by atoms with van der Waals surface area (Å²) in [7, 11) is 6.17. The summed E-state index contributed by atoms with van der Waals surface area (Å²) < 4.78 is 21.7. The van der Waals surface area contributed by atoms with Gasteiger partial charge in [0, 0.05) is 23.9 Å². The van der Waals surface area contributed by atoms with Crippen molar-refractivity contribution in [2.45, 2.75) is 18.4 Å². The number of benzene rings is 3. The molecule has 0 bridgehead atoms. The fourth-order valence-corrected chi connectivity index (χ4v) is 5.27. The van der Waals surface area contributed by atoms with E-state index in [1.54, 1.807) is 49.5 Å². The molecule has 0 fully saturated rings. The van der Waals surface area contributed by atoms with Crippen LogP contribution in [0.2, 0.25) is 0 Å². The minimum absolute atomic E-state index is 0.124. The summed E-state index contributed by atoms with van der Waals surface area (Å²) in [6.07, 6.45) is 0.727. The highest BCUT2D eigenvalue weighted by atomic mass is 16.5. The number of hydrogen-bond acceptors (Lipinski definition) is 6. The standard InChI is InChI=1S/C28H28N2O6/c1-33-21-10-9-17(13-22(21)34-2)29-27(31)25-19-14-23(35-3)24(36-4)15-20(19)28(32)30-12-11-16-7-5-6-8-18(16)26(25)30/h5-10,13-15,25-26H,11-12H2,1-4H3,(H,29,31)/t25-,26+/m0/s1. The van der Waals surface area contributed by atoms with Gasteiger partial charge in [-0.05, 0) is 47.4 Å². The van der Waals surface area contributed by atoms with Crippen LogP contribution in [0.1, 0.15) is 39.0 Å². The largest absolute Gasteiger partial charge is 0.493 e. The van der Waals surface area contributed by atoms with E-state index in [-0.39, 0.29) is 11.8 Å². The van der Waals surface area contributed by atoms with Gasteiger partial charge in [0.1, 0.15) is 0 Å². The van der Waals surface area contributed by atoms with Crippen molar-refractivity contribution in [2.24, 2.45) is 0 Å². The molecule has 8 heteroatoms. The normalized spacial score (nSPS) is 17.9. The van der Waals surface area contributed by atoms with Gasteiger partial charge in [0.25, 0.3) is 5.91 Å². The molecule has 8 nitrogen and oxygen atoms in total. The van der Waals surface area contributed by atoms with Crippen molar-refractivity contribution >= 4 is 17.5 Å². The van der Waals surface area contributed by atoms with Gasteiger partial charge in [-0.15, -0.1) is 0 Å². The lowest BCUT2D eigenvalue weighted by Crippen LogP contribution is -2.49. The van der Waals surface area contributed by atoms with Crippen molar-refractivity contribution in [3.8, 4) is 23.0 Å². The van der Waals surface area contributed by atoms with Crippen LogP contribution in [0.3, 0.4) is 0 Å². The lowest BCUT2D eigenvalue weighted by Gasteiger charge is -2.45. The Morgan fingerprint density at radius 2 is 1.50 bits per heavy atom. The van der Waals surface area contributed by atoms with Crippen LogP contribution < -0.4 is 24.3 Å². The van der Waals surface area contributed by atoms with E-state index >= 15 is 0 Å². The van der Waals surface area contributed by atoms with E-state index in [9.17, 15) is 9.59 Å². The Morgan fingerprint density at radius 3 is 2.22 bits per heavy atom. The minimum Gasteiger partial charge on any atom is -0.493 e. The molecule has 2 aliphatic heterocycles. The van der Waals surface area contributed by atoms with E-state index in [0.29, 0.717) is 46.4 Å². The summed E-state index contributed by atoms with van der Waals surface area (Å²) in [6.45, 7) is 0.522. The maximum absolute atomic E-state index is 14.0. The van der Waals surface area contributed by atoms with Gasteiger partial charge in [-0.2, -0.15) is 0 Å². The number of nitrogens with one attached hydrogen (secondary N) is 1. The molecule has 0 spiro atoms. The number of carbonyl (C=O) groups excluding carboxylic acids is 2. The SMILES string of the molecule is COc1ccc(NC(=O)[C@H]2c3cc(OC)c(OC)cc3C(=O)N3CCc4ccccc4[C@H]23)cc1OC. The molecule has 2 atom stereocenters. The zero-order chi connectivity index (χ0) is 25.4. The Balaban J connectivity index is 1.64. The summed E-state index contributed by atoms with van der Waals surface area (Å²) in [6, 6.07) is 16.2. The van der Waals surface area contributed by atoms with Gasteiger partial charge in [-0.3, -0.25) is 9.59 Å². The van der Waals surface area contributed by atoms with Crippen molar-refractivity contribution in [3.63, 3.8) is 0 Å². The van der Waals surface area contributed by atoms with E-state index in [1.807, 2.05) is 18.2 Å². The molecule has 0 saturated heterocycles. The summed E-state index contributed by atoms with van der Waals surface area (Å²) in [5.41, 5.74) is 3.72. The van der Waals surface area contributed by atoms with Crippen molar-refractivity contribution < 1.29 is 28.5 Å². The number of carbonyl (C=O) groups is 2. The van der Waals surface area contributed by atoms with Gasteiger partial charge in [0.2, 0.25) is 5.91 Å². The van der Waals surface area contributed by atoms with Crippen molar-refractivity contribution in [3.05, 3.63) is 76.9 Å². The van der Waals surface area contributed by atoms with Crippen molar-refractivity contribution in [1.82, 2.24) is 4.90 Å². The van der Waals surface area contributed by atoms with Gasteiger partial charge in [-0.1, -0.05) is 24.3 Å². The molecule has 5 rings (SSSR count). The van der Waals surface area contributed by atoms with Gasteiger partial charge < -0.3 is 29.2 Å². The first kappa shape index (κ1) is 23.5. The molecule has 1 N–H and O–H groups in total. The molecule has 0 radical (unpaired) electrons. The third kappa shape index (κ3) is 3.79. The average Bonchev–Trinajstić information content (AvgIpc) is 2.92. The summed E-state index contributed by atoms with van der Waals surface area (Å²) in [4.78, 5) is 29.5. The molecular weight excluding hydrogens is 460 g/mol. The second kappa shape index (κ2) is 9.45. The van der Waals surface area contributed by atoms with E-state index in [0.717, 1.165) is 17.5 Å². The maximum atomic E-state index is 14.0. The smallest absolute Gasteiger partial charge is 0.254 e. The quantitative estimate of drug-likeness (QED) is 0.560. The molecule has 2 amide bonds. The molecule has 0 saturated carbocycles. The number of amides is 2. The highest BCUT2D eigenvalue weighted by Gasteiger charge is 2.47. The van der Waals surface area contributed by atoms with E-state index in [2.05, 4.69) is 11.4 Å². The topological polar surface area (TPSA) is 86.3 Å². The number of methoxy groups -OCH3 is 4. The Hall–Kier alpha value is -4.20. The molecule has 36 heavy (non-hydrogen) atoms. The lowest BCUT2D eigenvalue weighted by molar-refractivity contribution is -0.119. The summed E-state index contributed by atoms with van der Waals surface area (Å²) in [5.74, 6) is 0.937. The van der Waals surface area contributed by atoms with Crippen LogP contribution in [0.4, 0.5) is 5.69 Å². The molecular formula is C28H28N2O6. The van der Waals surface area contributed by atoms with Gasteiger partial charge in [0.15, 0.2) is 23.0 Å².